The predicted octanol–water partition coefficient (Wildman–Crippen LogP) is 3.53. The number of rotatable bonds is 4. The van der Waals surface area contributed by atoms with Crippen molar-refractivity contribution in [1.82, 2.24) is 0 Å². The van der Waals surface area contributed by atoms with Crippen LogP contribution in [0.3, 0.4) is 0 Å². The highest BCUT2D eigenvalue weighted by Gasteiger charge is 2.25. The second kappa shape index (κ2) is 5.58. The maximum Gasteiger partial charge on any atom is 0.342 e. The monoisotopic (exact) mass is 291 g/mol. The van der Waals surface area contributed by atoms with Gasteiger partial charge >= 0.3 is 11.7 Å². The molecule has 21 heavy (non-hydrogen) atoms. The van der Waals surface area contributed by atoms with Gasteiger partial charge in [0.25, 0.3) is 0 Å². The largest absolute Gasteiger partial charge is 0.477 e. The van der Waals surface area contributed by atoms with Crippen LogP contribution in [-0.2, 0) is 0 Å². The van der Waals surface area contributed by atoms with Crippen molar-refractivity contribution in [3.05, 3.63) is 63.5 Å². The summed E-state index contributed by atoms with van der Waals surface area (Å²) in [6.07, 6.45) is 0. The fourth-order valence-corrected chi connectivity index (χ4v) is 1.77. The first-order valence-electron chi connectivity index (χ1n) is 5.85. The summed E-state index contributed by atoms with van der Waals surface area (Å²) in [5.41, 5.74) is -0.812. The highest BCUT2D eigenvalue weighted by molar-refractivity contribution is 5.93. The standard InChI is InChI=1S/C14H10FNO5/c1-8-7-9(5-6-11(8)15)21-12-4-2-3-10(14(17)18)13(12)16(19)20/h2-7H,1H3,(H,17,18). The minimum atomic E-state index is -1.43. The molecule has 0 saturated carbocycles. The van der Waals surface area contributed by atoms with Gasteiger partial charge in [-0.05, 0) is 42.8 Å². The topological polar surface area (TPSA) is 89.7 Å². The number of nitro benzene ring substituents is 1. The molecule has 0 heterocycles. The Bertz CT molecular complexity index is 729. The van der Waals surface area contributed by atoms with Crippen molar-refractivity contribution in [1.29, 1.82) is 0 Å². The SMILES string of the molecule is Cc1cc(Oc2cccc(C(=O)O)c2[N+](=O)[O-])ccc1F. The number of nitrogens with zero attached hydrogens (tertiary/aromatic N) is 1. The molecule has 2 rings (SSSR count). The fraction of sp³-hybridized carbons (Fsp3) is 0.0714. The van der Waals surface area contributed by atoms with E-state index in [2.05, 4.69) is 0 Å². The van der Waals surface area contributed by atoms with E-state index >= 15 is 0 Å². The summed E-state index contributed by atoms with van der Waals surface area (Å²) in [7, 11) is 0. The van der Waals surface area contributed by atoms with Gasteiger partial charge in [0.15, 0.2) is 0 Å². The normalized spacial score (nSPS) is 10.2. The first kappa shape index (κ1) is 14.4. The Labute approximate surface area is 118 Å². The van der Waals surface area contributed by atoms with E-state index in [-0.39, 0.29) is 11.5 Å². The molecular formula is C14H10FNO5. The Kier molecular flexibility index (Phi) is 3.84. The number of ether oxygens (including phenoxy) is 1. The zero-order chi connectivity index (χ0) is 15.6. The minimum Gasteiger partial charge on any atom is -0.477 e. The fourth-order valence-electron chi connectivity index (χ4n) is 1.77. The van der Waals surface area contributed by atoms with E-state index < -0.39 is 28.0 Å². The smallest absolute Gasteiger partial charge is 0.342 e. The Balaban J connectivity index is 2.48. The van der Waals surface area contributed by atoms with Crippen molar-refractivity contribution in [2.24, 2.45) is 0 Å². The number of halogens is 1. The van der Waals surface area contributed by atoms with Crippen LogP contribution >= 0.6 is 0 Å². The summed E-state index contributed by atoms with van der Waals surface area (Å²) in [5.74, 6) is -1.90. The van der Waals surface area contributed by atoms with Gasteiger partial charge in [-0.1, -0.05) is 6.07 Å². The summed E-state index contributed by atoms with van der Waals surface area (Å²) in [6.45, 7) is 1.52. The number of carboxylic acids is 1. The number of aromatic carboxylic acids is 1. The predicted molar refractivity (Wildman–Crippen MR) is 71.3 cm³/mol. The lowest BCUT2D eigenvalue weighted by Gasteiger charge is -2.08. The molecule has 0 fully saturated rings. The molecule has 7 heteroatoms. The Hall–Kier alpha value is -2.96. The molecule has 0 bridgehead atoms. The molecule has 6 nitrogen and oxygen atoms in total. The van der Waals surface area contributed by atoms with E-state index in [1.54, 1.807) is 0 Å². The minimum absolute atomic E-state index is 0.180. The number of carbonyl (C=O) groups is 1. The maximum atomic E-state index is 13.2. The summed E-state index contributed by atoms with van der Waals surface area (Å²) >= 11 is 0. The van der Waals surface area contributed by atoms with Crippen LogP contribution < -0.4 is 4.74 Å². The van der Waals surface area contributed by atoms with Gasteiger partial charge in [-0.15, -0.1) is 0 Å². The molecule has 2 aromatic rings. The first-order valence-corrected chi connectivity index (χ1v) is 5.85. The van der Waals surface area contributed by atoms with Crippen LogP contribution in [0.2, 0.25) is 0 Å². The van der Waals surface area contributed by atoms with Crippen molar-refractivity contribution in [3.63, 3.8) is 0 Å². The number of hydrogen-bond donors (Lipinski definition) is 1. The summed E-state index contributed by atoms with van der Waals surface area (Å²) in [5, 5.41) is 20.0. The Morgan fingerprint density at radius 2 is 2.05 bits per heavy atom. The molecule has 0 unspecified atom stereocenters. The van der Waals surface area contributed by atoms with Gasteiger partial charge < -0.3 is 9.84 Å². The Morgan fingerprint density at radius 1 is 1.33 bits per heavy atom. The molecule has 0 aliphatic heterocycles. The van der Waals surface area contributed by atoms with E-state index in [1.807, 2.05) is 0 Å². The third-order valence-electron chi connectivity index (χ3n) is 2.77. The summed E-state index contributed by atoms with van der Waals surface area (Å²) in [4.78, 5) is 21.3. The van der Waals surface area contributed by atoms with Crippen LogP contribution in [0.4, 0.5) is 10.1 Å². The van der Waals surface area contributed by atoms with Gasteiger partial charge in [0, 0.05) is 0 Å². The van der Waals surface area contributed by atoms with E-state index in [0.717, 1.165) is 12.1 Å². The van der Waals surface area contributed by atoms with Gasteiger partial charge in [0.2, 0.25) is 5.75 Å². The number of carboxylic acid groups (broad SMARTS) is 1. The molecular weight excluding hydrogens is 281 g/mol. The van der Waals surface area contributed by atoms with E-state index in [4.69, 9.17) is 9.84 Å². The third kappa shape index (κ3) is 2.97. The van der Waals surface area contributed by atoms with Crippen LogP contribution in [-0.4, -0.2) is 16.0 Å². The molecule has 1 N–H and O–H groups in total. The lowest BCUT2D eigenvalue weighted by atomic mass is 10.1. The van der Waals surface area contributed by atoms with Crippen LogP contribution in [0.5, 0.6) is 11.5 Å². The molecule has 0 aromatic heterocycles. The van der Waals surface area contributed by atoms with Gasteiger partial charge in [-0.25, -0.2) is 9.18 Å². The third-order valence-corrected chi connectivity index (χ3v) is 2.77. The van der Waals surface area contributed by atoms with Gasteiger partial charge in [0.05, 0.1) is 4.92 Å². The van der Waals surface area contributed by atoms with Gasteiger partial charge in [-0.3, -0.25) is 10.1 Å². The van der Waals surface area contributed by atoms with Crippen molar-refractivity contribution in [2.45, 2.75) is 6.92 Å². The number of aryl methyl sites for hydroxylation is 1. The van der Waals surface area contributed by atoms with Gasteiger partial charge in [0.1, 0.15) is 17.1 Å². The molecule has 0 aliphatic rings. The van der Waals surface area contributed by atoms with E-state index in [0.29, 0.717) is 5.56 Å². The summed E-state index contributed by atoms with van der Waals surface area (Å²) in [6, 6.07) is 7.57. The van der Waals surface area contributed by atoms with Crippen LogP contribution in [0.15, 0.2) is 36.4 Å². The van der Waals surface area contributed by atoms with Crippen molar-refractivity contribution >= 4 is 11.7 Å². The highest BCUT2D eigenvalue weighted by Crippen LogP contribution is 2.34. The lowest BCUT2D eigenvalue weighted by Crippen LogP contribution is -2.04. The highest BCUT2D eigenvalue weighted by atomic mass is 19.1. The zero-order valence-electron chi connectivity index (χ0n) is 10.9. The average molecular weight is 291 g/mol. The number of nitro groups is 1. The number of benzene rings is 2. The lowest BCUT2D eigenvalue weighted by molar-refractivity contribution is -0.386. The summed E-state index contributed by atoms with van der Waals surface area (Å²) < 4.78 is 18.5. The van der Waals surface area contributed by atoms with Crippen LogP contribution in [0, 0.1) is 22.9 Å². The molecule has 0 amide bonds. The number of hydrogen-bond acceptors (Lipinski definition) is 4. The molecule has 0 spiro atoms. The molecule has 108 valence electrons. The molecule has 0 aliphatic carbocycles. The van der Waals surface area contributed by atoms with Gasteiger partial charge in [-0.2, -0.15) is 0 Å². The first-order chi connectivity index (χ1) is 9.90. The second-order valence-electron chi connectivity index (χ2n) is 4.23. The molecule has 0 radical (unpaired) electrons. The molecule has 0 atom stereocenters. The van der Waals surface area contributed by atoms with E-state index in [1.165, 1.54) is 31.2 Å². The molecule has 0 saturated heterocycles. The number of para-hydroxylation sites is 1. The quantitative estimate of drug-likeness (QED) is 0.687. The average Bonchev–Trinajstić information content (AvgIpc) is 2.42. The van der Waals surface area contributed by atoms with Crippen molar-refractivity contribution < 1.29 is 24.0 Å². The van der Waals surface area contributed by atoms with Crippen LogP contribution in [0.25, 0.3) is 0 Å². The van der Waals surface area contributed by atoms with Crippen LogP contribution in [0.1, 0.15) is 15.9 Å². The van der Waals surface area contributed by atoms with E-state index in [9.17, 15) is 19.3 Å². The van der Waals surface area contributed by atoms with Crippen molar-refractivity contribution in [2.75, 3.05) is 0 Å². The zero-order valence-corrected chi connectivity index (χ0v) is 10.9. The van der Waals surface area contributed by atoms with Crippen molar-refractivity contribution in [3.8, 4) is 11.5 Å². The maximum absolute atomic E-state index is 13.2. The molecule has 2 aromatic carbocycles. The second-order valence-corrected chi connectivity index (χ2v) is 4.23. The Morgan fingerprint density at radius 3 is 2.62 bits per heavy atom.